The van der Waals surface area contributed by atoms with Crippen LogP contribution in [0.25, 0.3) is 0 Å². The lowest BCUT2D eigenvalue weighted by atomic mass is 9.85. The number of hydrogen-bond acceptors (Lipinski definition) is 3. The molecule has 4 nitrogen and oxygen atoms in total. The van der Waals surface area contributed by atoms with Gasteiger partial charge in [-0.3, -0.25) is 0 Å². The van der Waals surface area contributed by atoms with Gasteiger partial charge in [0.2, 0.25) is 5.60 Å². The fourth-order valence-corrected chi connectivity index (χ4v) is 4.46. The predicted octanol–water partition coefficient (Wildman–Crippen LogP) is 3.57. The van der Waals surface area contributed by atoms with Crippen molar-refractivity contribution >= 4 is 5.97 Å². The number of aliphatic hydroxyl groups is 1. The minimum absolute atomic E-state index is 0.121. The van der Waals surface area contributed by atoms with Crippen molar-refractivity contribution in [1.29, 1.82) is 0 Å². The molecule has 0 saturated carbocycles. The number of esters is 1. The highest BCUT2D eigenvalue weighted by Crippen LogP contribution is 2.38. The van der Waals surface area contributed by atoms with Crippen LogP contribution in [0.1, 0.15) is 24.0 Å². The molecule has 2 heterocycles. The van der Waals surface area contributed by atoms with Gasteiger partial charge in [0.25, 0.3) is 0 Å². The molecule has 31 heavy (non-hydrogen) atoms. The second kappa shape index (κ2) is 7.46. The highest BCUT2D eigenvalue weighted by atomic mass is 19.2. The van der Waals surface area contributed by atoms with Gasteiger partial charge in [0.05, 0.1) is 14.1 Å². The summed E-state index contributed by atoms with van der Waals surface area (Å²) < 4.78 is 61.1. The minimum atomic E-state index is -2.66. The topological polar surface area (TPSA) is 46.5 Å². The van der Waals surface area contributed by atoms with Gasteiger partial charge in [-0.05, 0) is 36.4 Å². The van der Waals surface area contributed by atoms with E-state index in [0.29, 0.717) is 25.0 Å². The van der Waals surface area contributed by atoms with Crippen molar-refractivity contribution in [3.05, 3.63) is 82.9 Å². The lowest BCUT2D eigenvalue weighted by Crippen LogP contribution is -2.57. The molecule has 1 fully saturated rings. The van der Waals surface area contributed by atoms with Crippen LogP contribution < -0.4 is 0 Å². The van der Waals surface area contributed by atoms with E-state index in [9.17, 15) is 27.5 Å². The lowest BCUT2D eigenvalue weighted by Gasteiger charge is -2.44. The number of halogens is 4. The Morgan fingerprint density at radius 1 is 0.903 bits per heavy atom. The van der Waals surface area contributed by atoms with Gasteiger partial charge in [0, 0.05) is 24.0 Å². The Balaban J connectivity index is 1.70. The largest absolute Gasteiger partial charge is 0.459 e. The molecule has 0 amide bonds. The summed E-state index contributed by atoms with van der Waals surface area (Å²) in [4.78, 5) is 13.2. The third kappa shape index (κ3) is 3.53. The second-order valence-electron chi connectivity index (χ2n) is 8.62. The molecule has 2 unspecified atom stereocenters. The Hall–Kier alpha value is -2.71. The Kier molecular flexibility index (Phi) is 5.18. The third-order valence-corrected chi connectivity index (χ3v) is 6.52. The molecule has 4 rings (SSSR count). The smallest absolute Gasteiger partial charge is 0.347 e. The molecule has 0 aliphatic carbocycles. The van der Waals surface area contributed by atoms with Crippen LogP contribution in [-0.2, 0) is 15.1 Å². The summed E-state index contributed by atoms with van der Waals surface area (Å²) in [5.74, 6) is -6.13. The van der Waals surface area contributed by atoms with E-state index < -0.39 is 40.9 Å². The zero-order valence-electron chi connectivity index (χ0n) is 17.0. The molecule has 164 valence electrons. The van der Waals surface area contributed by atoms with Crippen molar-refractivity contribution in [3.63, 3.8) is 0 Å². The molecular weight excluding hydrogens is 414 g/mol. The van der Waals surface area contributed by atoms with E-state index in [2.05, 4.69) is 26.2 Å². The highest BCUT2D eigenvalue weighted by Gasteiger charge is 2.49. The van der Waals surface area contributed by atoms with Gasteiger partial charge >= 0.3 is 5.97 Å². The number of likely N-dealkylation sites (N-methyl/N-ethyl adjacent to an activating group) is 1. The minimum Gasteiger partial charge on any atom is -0.459 e. The molecule has 2 bridgehead atoms. The van der Waals surface area contributed by atoms with Crippen molar-refractivity contribution in [2.75, 3.05) is 14.1 Å². The van der Waals surface area contributed by atoms with Gasteiger partial charge in [-0.25, -0.2) is 22.4 Å². The molecule has 1 saturated heterocycles. The van der Waals surface area contributed by atoms with Crippen LogP contribution in [0.2, 0.25) is 0 Å². The van der Waals surface area contributed by atoms with Gasteiger partial charge < -0.3 is 14.3 Å². The van der Waals surface area contributed by atoms with Crippen molar-refractivity contribution in [3.8, 4) is 0 Å². The maximum atomic E-state index is 13.9. The predicted molar refractivity (Wildman–Crippen MR) is 104 cm³/mol. The number of piperidine rings is 1. The zero-order chi connectivity index (χ0) is 22.6. The first kappa shape index (κ1) is 21.5. The molecule has 8 heteroatoms. The normalized spacial score (nSPS) is 24.3. The summed E-state index contributed by atoms with van der Waals surface area (Å²) >= 11 is 0. The summed E-state index contributed by atoms with van der Waals surface area (Å²) in [5, 5.41) is 11.4. The van der Waals surface area contributed by atoms with Crippen LogP contribution in [0, 0.1) is 23.3 Å². The number of fused-ring (bicyclic) bond motifs is 2. The van der Waals surface area contributed by atoms with Crippen LogP contribution in [0.15, 0.2) is 48.6 Å². The van der Waals surface area contributed by atoms with Gasteiger partial charge in [0.15, 0.2) is 23.3 Å². The van der Waals surface area contributed by atoms with Crippen LogP contribution in [0.3, 0.4) is 0 Å². The first-order valence-corrected chi connectivity index (χ1v) is 9.89. The van der Waals surface area contributed by atoms with Gasteiger partial charge in [-0.15, -0.1) is 0 Å². The fourth-order valence-electron chi connectivity index (χ4n) is 4.46. The van der Waals surface area contributed by atoms with Gasteiger partial charge in [0.1, 0.15) is 18.2 Å². The number of quaternary nitrogens is 1. The summed E-state index contributed by atoms with van der Waals surface area (Å²) in [7, 11) is 4.15. The second-order valence-corrected chi connectivity index (χ2v) is 8.62. The highest BCUT2D eigenvalue weighted by molar-refractivity contribution is 5.85. The molecule has 3 atom stereocenters. The average Bonchev–Trinajstić information content (AvgIpc) is 2.88. The first-order valence-electron chi connectivity index (χ1n) is 9.89. The maximum absolute atomic E-state index is 13.9. The average molecular weight is 436 g/mol. The molecule has 2 aliphatic heterocycles. The van der Waals surface area contributed by atoms with Crippen molar-refractivity contribution < 1.29 is 36.7 Å². The van der Waals surface area contributed by atoms with Crippen LogP contribution in [0.4, 0.5) is 17.6 Å². The fraction of sp³-hybridized carbons (Fsp3) is 0.348. The van der Waals surface area contributed by atoms with E-state index in [-0.39, 0.29) is 23.2 Å². The SMILES string of the molecule is C[N+]1(C)C2C=C[C@@H]1CC(OC(=O)C(O)(c1ccc(F)c(F)c1)c1ccc(F)c(F)c1)C2. The van der Waals surface area contributed by atoms with E-state index >= 15 is 0 Å². The summed E-state index contributed by atoms with van der Waals surface area (Å²) in [6.07, 6.45) is 4.62. The van der Waals surface area contributed by atoms with Crippen LogP contribution in [0.5, 0.6) is 0 Å². The molecule has 2 aliphatic rings. The Bertz CT molecular complexity index is 999. The summed E-state index contributed by atoms with van der Waals surface area (Å²) in [6, 6.07) is 5.03. The van der Waals surface area contributed by atoms with Crippen molar-refractivity contribution in [2.45, 2.75) is 36.6 Å². The molecule has 0 radical (unpaired) electrons. The Morgan fingerprint density at radius 3 is 1.77 bits per heavy atom. The number of carbonyl (C=O) groups excluding carboxylic acids is 1. The van der Waals surface area contributed by atoms with Crippen molar-refractivity contribution in [1.82, 2.24) is 0 Å². The van der Waals surface area contributed by atoms with E-state index in [1.54, 1.807) is 0 Å². The Morgan fingerprint density at radius 2 is 1.35 bits per heavy atom. The van der Waals surface area contributed by atoms with Crippen LogP contribution in [-0.4, -0.2) is 47.8 Å². The number of ether oxygens (including phenoxy) is 1. The molecule has 2 aromatic rings. The van der Waals surface area contributed by atoms with E-state index in [1.165, 1.54) is 0 Å². The van der Waals surface area contributed by atoms with Gasteiger partial charge in [-0.2, -0.15) is 0 Å². The molecule has 0 aromatic heterocycles. The van der Waals surface area contributed by atoms with Gasteiger partial charge in [-0.1, -0.05) is 12.1 Å². The number of hydrogen-bond donors (Lipinski definition) is 1. The maximum Gasteiger partial charge on any atom is 0.347 e. The summed E-state index contributed by atoms with van der Waals surface area (Å²) in [5.41, 5.74) is -3.36. The standard InChI is InChI=1S/C23H22F4NO3/c1-28(2)15-5-6-16(28)12-17(11-15)31-22(29)23(30,13-3-7-18(24)20(26)9-13)14-4-8-19(25)21(27)10-14/h3-10,15-17,30H,11-12H2,1-2H3/q+1/t15-,16?,17?/m1/s1. The van der Waals surface area contributed by atoms with E-state index in [0.717, 1.165) is 28.7 Å². The number of benzene rings is 2. The molecular formula is C23H22F4NO3+. The first-order chi connectivity index (χ1) is 14.5. The molecule has 1 N–H and O–H groups in total. The van der Waals surface area contributed by atoms with Crippen molar-refractivity contribution in [2.24, 2.45) is 0 Å². The van der Waals surface area contributed by atoms with E-state index in [1.807, 2.05) is 0 Å². The zero-order valence-corrected chi connectivity index (χ0v) is 17.0. The molecule has 2 aromatic carbocycles. The molecule has 0 spiro atoms. The van der Waals surface area contributed by atoms with Crippen LogP contribution >= 0.6 is 0 Å². The monoisotopic (exact) mass is 436 g/mol. The number of rotatable bonds is 4. The lowest BCUT2D eigenvalue weighted by molar-refractivity contribution is -0.926. The third-order valence-electron chi connectivity index (χ3n) is 6.52. The van der Waals surface area contributed by atoms with E-state index in [4.69, 9.17) is 4.74 Å². The summed E-state index contributed by atoms with van der Waals surface area (Å²) in [6.45, 7) is 0. The number of carbonyl (C=O) groups is 1. The quantitative estimate of drug-likeness (QED) is 0.345. The number of nitrogens with zero attached hydrogens (tertiary/aromatic N) is 1. The Labute approximate surface area is 177 Å².